The largest absolute Gasteiger partial charge is 0.383 e. The second kappa shape index (κ2) is 10.4. The molecule has 0 radical (unpaired) electrons. The number of fused-ring (bicyclic) bond motifs is 1. The Morgan fingerprint density at radius 2 is 1.89 bits per heavy atom. The summed E-state index contributed by atoms with van der Waals surface area (Å²) in [4.78, 5) is 18.5. The molecule has 2 fully saturated rings. The summed E-state index contributed by atoms with van der Waals surface area (Å²) in [6.45, 7) is 9.05. The number of nitrogens with zero attached hydrogens (tertiary/aromatic N) is 3. The molecular weight excluding hydrogens is 350 g/mol. The molecule has 1 amide bonds. The van der Waals surface area contributed by atoms with E-state index in [0.717, 1.165) is 13.0 Å². The van der Waals surface area contributed by atoms with Crippen LogP contribution in [0, 0.1) is 11.8 Å². The maximum absolute atomic E-state index is 13.7. The highest BCUT2D eigenvalue weighted by Gasteiger charge is 2.36. The Morgan fingerprint density at radius 1 is 1.14 bits per heavy atom. The Bertz CT molecular complexity index is 585. The number of carbonyl (C=O) groups excluding carboxylic acids is 1. The van der Waals surface area contributed by atoms with Crippen LogP contribution in [0.15, 0.2) is 24.5 Å². The van der Waals surface area contributed by atoms with Gasteiger partial charge in [-0.15, -0.1) is 0 Å². The zero-order valence-corrected chi connectivity index (χ0v) is 18.1. The number of rotatable bonds is 9. The minimum atomic E-state index is -0.113. The first kappa shape index (κ1) is 21.4. The van der Waals surface area contributed by atoms with Crippen molar-refractivity contribution in [2.75, 3.05) is 39.9 Å². The smallest absolute Gasteiger partial charge is 0.245 e. The van der Waals surface area contributed by atoms with Gasteiger partial charge in [0.15, 0.2) is 0 Å². The molecule has 0 N–H and O–H groups in total. The van der Waals surface area contributed by atoms with Gasteiger partial charge in [-0.2, -0.15) is 0 Å². The summed E-state index contributed by atoms with van der Waals surface area (Å²) in [6, 6.07) is 4.58. The molecule has 2 saturated heterocycles. The third-order valence-corrected chi connectivity index (χ3v) is 6.53. The van der Waals surface area contributed by atoms with Crippen LogP contribution in [0.3, 0.4) is 0 Å². The molecule has 3 atom stereocenters. The number of carbonyl (C=O) groups is 1. The van der Waals surface area contributed by atoms with Gasteiger partial charge in [0.05, 0.1) is 6.61 Å². The Balaban J connectivity index is 1.74. The standard InChI is InChI=1S/C23H39N3O2/c1-19(2)17-22(25-12-6-7-13-25)23(27)26(15-16-28-3)18-20-9-8-14-24-11-5-4-10-21(20)24/h6-7,12-13,19-22H,4-5,8-11,14-18H2,1-3H3. The van der Waals surface area contributed by atoms with Crippen molar-refractivity contribution in [2.45, 2.75) is 64.5 Å². The molecular formula is C23H39N3O2. The van der Waals surface area contributed by atoms with Gasteiger partial charge in [-0.05, 0) is 69.2 Å². The topological polar surface area (TPSA) is 37.7 Å². The number of piperidine rings is 2. The maximum atomic E-state index is 13.7. The summed E-state index contributed by atoms with van der Waals surface area (Å²) in [5.41, 5.74) is 0. The molecule has 5 nitrogen and oxygen atoms in total. The average molecular weight is 390 g/mol. The molecule has 3 rings (SSSR count). The van der Waals surface area contributed by atoms with E-state index in [9.17, 15) is 4.79 Å². The van der Waals surface area contributed by atoms with Crippen molar-refractivity contribution in [3.8, 4) is 0 Å². The Labute approximate surface area is 171 Å². The normalized spacial score (nSPS) is 24.1. The van der Waals surface area contributed by atoms with E-state index in [0.29, 0.717) is 31.0 Å². The second-order valence-corrected chi connectivity index (χ2v) is 9.05. The van der Waals surface area contributed by atoms with Crippen LogP contribution >= 0.6 is 0 Å². The SMILES string of the molecule is COCCN(CC1CCCN2CCCCC12)C(=O)C(CC(C)C)n1cccc1. The van der Waals surface area contributed by atoms with E-state index in [1.807, 2.05) is 24.5 Å². The van der Waals surface area contributed by atoms with E-state index in [4.69, 9.17) is 4.74 Å². The van der Waals surface area contributed by atoms with Crippen LogP contribution in [0.5, 0.6) is 0 Å². The molecule has 5 heteroatoms. The first-order chi connectivity index (χ1) is 13.6. The predicted octanol–water partition coefficient (Wildman–Crippen LogP) is 3.81. The van der Waals surface area contributed by atoms with Gasteiger partial charge in [-0.1, -0.05) is 20.3 Å². The van der Waals surface area contributed by atoms with Crippen LogP contribution in [-0.2, 0) is 9.53 Å². The highest BCUT2D eigenvalue weighted by Crippen LogP contribution is 2.32. The number of hydrogen-bond acceptors (Lipinski definition) is 3. The van der Waals surface area contributed by atoms with Crippen LogP contribution in [0.4, 0.5) is 0 Å². The van der Waals surface area contributed by atoms with E-state index in [2.05, 4.69) is 28.2 Å². The molecule has 2 aliphatic rings. The molecule has 158 valence electrons. The minimum Gasteiger partial charge on any atom is -0.383 e. The van der Waals surface area contributed by atoms with Crippen molar-refractivity contribution in [1.82, 2.24) is 14.4 Å². The lowest BCUT2D eigenvalue weighted by atomic mass is 9.83. The van der Waals surface area contributed by atoms with E-state index in [-0.39, 0.29) is 11.9 Å². The Morgan fingerprint density at radius 3 is 2.61 bits per heavy atom. The third-order valence-electron chi connectivity index (χ3n) is 6.53. The second-order valence-electron chi connectivity index (χ2n) is 9.05. The molecule has 0 aromatic carbocycles. The number of ether oxygens (including phenoxy) is 1. The molecule has 3 heterocycles. The van der Waals surface area contributed by atoms with Crippen molar-refractivity contribution >= 4 is 5.91 Å². The fourth-order valence-corrected chi connectivity index (χ4v) is 5.13. The fraction of sp³-hybridized carbons (Fsp3) is 0.783. The van der Waals surface area contributed by atoms with Crippen molar-refractivity contribution in [3.63, 3.8) is 0 Å². The van der Waals surface area contributed by atoms with Crippen LogP contribution in [0.25, 0.3) is 0 Å². The van der Waals surface area contributed by atoms with Gasteiger partial charge >= 0.3 is 0 Å². The number of amides is 1. The lowest BCUT2D eigenvalue weighted by Gasteiger charge is -2.46. The van der Waals surface area contributed by atoms with E-state index < -0.39 is 0 Å². The van der Waals surface area contributed by atoms with Crippen molar-refractivity contribution in [2.24, 2.45) is 11.8 Å². The van der Waals surface area contributed by atoms with E-state index >= 15 is 0 Å². The summed E-state index contributed by atoms with van der Waals surface area (Å²) >= 11 is 0. The molecule has 0 spiro atoms. The zero-order chi connectivity index (χ0) is 19.9. The quantitative estimate of drug-likeness (QED) is 0.644. The van der Waals surface area contributed by atoms with E-state index in [1.165, 1.54) is 45.2 Å². The number of aromatic nitrogens is 1. The van der Waals surface area contributed by atoms with Gasteiger partial charge < -0.3 is 19.1 Å². The molecule has 1 aromatic rings. The van der Waals surface area contributed by atoms with Crippen LogP contribution in [0.2, 0.25) is 0 Å². The molecule has 28 heavy (non-hydrogen) atoms. The lowest BCUT2D eigenvalue weighted by Crippen LogP contribution is -2.52. The molecule has 3 unspecified atom stereocenters. The minimum absolute atomic E-state index is 0.113. The van der Waals surface area contributed by atoms with Gasteiger partial charge in [0.1, 0.15) is 6.04 Å². The zero-order valence-electron chi connectivity index (χ0n) is 18.1. The number of hydrogen-bond donors (Lipinski definition) is 0. The van der Waals surface area contributed by atoms with Crippen LogP contribution < -0.4 is 0 Å². The van der Waals surface area contributed by atoms with Crippen molar-refractivity contribution in [1.29, 1.82) is 0 Å². The van der Waals surface area contributed by atoms with Gasteiger partial charge in [0.2, 0.25) is 5.91 Å². The van der Waals surface area contributed by atoms with Crippen molar-refractivity contribution in [3.05, 3.63) is 24.5 Å². The van der Waals surface area contributed by atoms with E-state index in [1.54, 1.807) is 7.11 Å². The number of methoxy groups -OCH3 is 1. The lowest BCUT2D eigenvalue weighted by molar-refractivity contribution is -0.137. The molecule has 0 aliphatic carbocycles. The predicted molar refractivity (Wildman–Crippen MR) is 113 cm³/mol. The van der Waals surface area contributed by atoms with Gasteiger partial charge in [-0.25, -0.2) is 0 Å². The Hall–Kier alpha value is -1.33. The third kappa shape index (κ3) is 5.38. The first-order valence-corrected chi connectivity index (χ1v) is 11.2. The monoisotopic (exact) mass is 389 g/mol. The molecule has 1 aromatic heterocycles. The molecule has 2 aliphatic heterocycles. The van der Waals surface area contributed by atoms with Crippen LogP contribution in [0.1, 0.15) is 58.4 Å². The average Bonchev–Trinajstić information content (AvgIpc) is 3.23. The maximum Gasteiger partial charge on any atom is 0.245 e. The summed E-state index contributed by atoms with van der Waals surface area (Å²) in [6.07, 6.45) is 11.4. The molecule has 0 bridgehead atoms. The summed E-state index contributed by atoms with van der Waals surface area (Å²) < 4.78 is 7.45. The van der Waals surface area contributed by atoms with Gasteiger partial charge in [0, 0.05) is 38.6 Å². The highest BCUT2D eigenvalue weighted by atomic mass is 16.5. The Kier molecular flexibility index (Phi) is 7.98. The molecule has 0 saturated carbocycles. The van der Waals surface area contributed by atoms with Gasteiger partial charge in [-0.3, -0.25) is 4.79 Å². The fourth-order valence-electron chi connectivity index (χ4n) is 5.13. The highest BCUT2D eigenvalue weighted by molar-refractivity contribution is 5.80. The summed E-state index contributed by atoms with van der Waals surface area (Å²) in [5, 5.41) is 0. The van der Waals surface area contributed by atoms with Gasteiger partial charge in [0.25, 0.3) is 0 Å². The van der Waals surface area contributed by atoms with Crippen LogP contribution in [-0.4, -0.2) is 66.2 Å². The summed E-state index contributed by atoms with van der Waals surface area (Å²) in [5.74, 6) is 1.33. The van der Waals surface area contributed by atoms with Crippen molar-refractivity contribution < 1.29 is 9.53 Å². The summed E-state index contributed by atoms with van der Waals surface area (Å²) in [7, 11) is 1.73. The first-order valence-electron chi connectivity index (χ1n) is 11.2.